The van der Waals surface area contributed by atoms with Crippen LogP contribution in [0.1, 0.15) is 20.7 Å². The molecule has 0 radical (unpaired) electrons. The smallest absolute Gasteiger partial charge is 0.259 e. The van der Waals surface area contributed by atoms with Gasteiger partial charge in [0.15, 0.2) is 30.1 Å². The quantitative estimate of drug-likeness (QED) is 0.121. The van der Waals surface area contributed by atoms with Crippen molar-refractivity contribution >= 4 is 46.2 Å². The third-order valence-corrected chi connectivity index (χ3v) is 9.69. The zero-order valence-electron chi connectivity index (χ0n) is 21.9. The van der Waals surface area contributed by atoms with Crippen molar-refractivity contribution in [1.29, 1.82) is 0 Å². The fourth-order valence-corrected chi connectivity index (χ4v) is 7.04. The van der Waals surface area contributed by atoms with Gasteiger partial charge in [0, 0.05) is 27.3 Å². The first-order valence-electron chi connectivity index (χ1n) is 12.7. The lowest BCUT2D eigenvalue weighted by atomic mass is 10.1. The molecule has 0 aliphatic rings. The number of phenolic OH excluding ortho intramolecular Hbond substituents is 4. The summed E-state index contributed by atoms with van der Waals surface area (Å²) in [6.45, 7) is 0. The summed E-state index contributed by atoms with van der Waals surface area (Å²) >= 11 is 0. The number of rotatable bonds is 7. The van der Waals surface area contributed by atoms with Gasteiger partial charge >= 0.3 is 0 Å². The maximum atomic E-state index is 14.8. The predicted molar refractivity (Wildman–Crippen MR) is 161 cm³/mol. The molecule has 2 amide bonds. The summed E-state index contributed by atoms with van der Waals surface area (Å²) in [7, 11) is -3.40. The Balaban J connectivity index is 1.42. The average molecular weight is 581 g/mol. The number of benzene rings is 5. The molecule has 9 nitrogen and oxygen atoms in total. The van der Waals surface area contributed by atoms with Gasteiger partial charge in [0.25, 0.3) is 11.8 Å². The molecule has 0 bridgehead atoms. The highest BCUT2D eigenvalue weighted by Gasteiger charge is 2.30. The standard InChI is InChI=1S/C32H25N2O7P/c35-27-10-4-8-25(29(27)37)31(39)33-20-12-16-23(17-13-20)42(41,22-6-2-1-3-7-22)24-18-14-21(15-19-24)34-32(40)26-9-5-11-28(36)30(26)38/h1-19,35-38H,(H,33,39)(H,34,40). The number of carbonyl (C=O) groups is 2. The second kappa shape index (κ2) is 11.5. The van der Waals surface area contributed by atoms with E-state index in [2.05, 4.69) is 10.6 Å². The molecule has 5 rings (SSSR count). The van der Waals surface area contributed by atoms with Crippen LogP contribution in [0.15, 0.2) is 115 Å². The molecule has 10 heteroatoms. The Hall–Kier alpha value is -5.53. The summed E-state index contributed by atoms with van der Waals surface area (Å²) in [5, 5.41) is 46.3. The molecule has 0 unspecified atom stereocenters. The Bertz CT molecular complexity index is 1710. The Labute approximate surface area is 240 Å². The number of phenols is 4. The monoisotopic (exact) mass is 580 g/mol. The van der Waals surface area contributed by atoms with Crippen molar-refractivity contribution in [2.75, 3.05) is 10.6 Å². The maximum absolute atomic E-state index is 14.8. The third kappa shape index (κ3) is 5.41. The van der Waals surface area contributed by atoms with Gasteiger partial charge in [-0.3, -0.25) is 9.59 Å². The van der Waals surface area contributed by atoms with Crippen LogP contribution in [-0.4, -0.2) is 32.2 Å². The number of para-hydroxylation sites is 2. The highest BCUT2D eigenvalue weighted by Crippen LogP contribution is 2.43. The zero-order valence-corrected chi connectivity index (χ0v) is 22.8. The zero-order chi connectivity index (χ0) is 29.9. The minimum Gasteiger partial charge on any atom is -0.504 e. The molecule has 5 aromatic carbocycles. The largest absolute Gasteiger partial charge is 0.504 e. The molecule has 0 saturated heterocycles. The molecule has 0 aliphatic heterocycles. The molecule has 6 N–H and O–H groups in total. The lowest BCUT2D eigenvalue weighted by Crippen LogP contribution is -2.25. The van der Waals surface area contributed by atoms with E-state index in [1.807, 2.05) is 6.07 Å². The summed E-state index contributed by atoms with van der Waals surface area (Å²) in [6, 6.07) is 30.1. The van der Waals surface area contributed by atoms with Gasteiger partial charge in [-0.05, 0) is 72.8 Å². The maximum Gasteiger partial charge on any atom is 0.259 e. The first kappa shape index (κ1) is 28.0. The Morgan fingerprint density at radius 2 is 0.857 bits per heavy atom. The molecule has 5 aromatic rings. The van der Waals surface area contributed by atoms with Gasteiger partial charge < -0.3 is 35.6 Å². The molecule has 0 fully saturated rings. The number of anilines is 2. The van der Waals surface area contributed by atoms with E-state index in [0.29, 0.717) is 27.3 Å². The van der Waals surface area contributed by atoms with Crippen molar-refractivity contribution < 1.29 is 34.6 Å². The van der Waals surface area contributed by atoms with Crippen molar-refractivity contribution in [3.63, 3.8) is 0 Å². The van der Waals surface area contributed by atoms with Gasteiger partial charge in [-0.2, -0.15) is 0 Å². The van der Waals surface area contributed by atoms with E-state index >= 15 is 0 Å². The number of amides is 2. The van der Waals surface area contributed by atoms with Crippen molar-refractivity contribution in [2.24, 2.45) is 0 Å². The molecule has 0 spiro atoms. The Kier molecular flexibility index (Phi) is 7.69. The summed E-state index contributed by atoms with van der Waals surface area (Å²) in [4.78, 5) is 25.3. The van der Waals surface area contributed by atoms with E-state index in [1.54, 1.807) is 72.8 Å². The number of hydrogen-bond acceptors (Lipinski definition) is 7. The van der Waals surface area contributed by atoms with E-state index < -0.39 is 42.0 Å². The molecule has 0 heterocycles. The highest BCUT2D eigenvalue weighted by atomic mass is 31.2. The average Bonchev–Trinajstić information content (AvgIpc) is 3.00. The normalized spacial score (nSPS) is 11.0. The predicted octanol–water partition coefficient (Wildman–Crippen LogP) is 4.65. The second-order valence-corrected chi connectivity index (χ2v) is 12.1. The van der Waals surface area contributed by atoms with Crippen LogP contribution in [0.25, 0.3) is 0 Å². The van der Waals surface area contributed by atoms with Crippen LogP contribution in [0.4, 0.5) is 11.4 Å². The lowest BCUT2D eigenvalue weighted by Gasteiger charge is -2.21. The van der Waals surface area contributed by atoms with Gasteiger partial charge in [-0.15, -0.1) is 0 Å². The Morgan fingerprint density at radius 3 is 1.26 bits per heavy atom. The molecule has 0 saturated carbocycles. The van der Waals surface area contributed by atoms with E-state index in [4.69, 9.17) is 0 Å². The van der Waals surface area contributed by atoms with Crippen LogP contribution in [0.5, 0.6) is 23.0 Å². The topological polar surface area (TPSA) is 156 Å². The molecule has 0 aliphatic carbocycles. The van der Waals surface area contributed by atoms with Crippen LogP contribution < -0.4 is 26.5 Å². The summed E-state index contributed by atoms with van der Waals surface area (Å²) < 4.78 is 14.8. The number of aromatic hydroxyl groups is 4. The van der Waals surface area contributed by atoms with Crippen molar-refractivity contribution in [3.8, 4) is 23.0 Å². The van der Waals surface area contributed by atoms with Gasteiger partial charge in [0.05, 0.1) is 11.1 Å². The first-order chi connectivity index (χ1) is 20.2. The number of hydrogen-bond donors (Lipinski definition) is 6. The van der Waals surface area contributed by atoms with Crippen molar-refractivity contribution in [2.45, 2.75) is 0 Å². The van der Waals surface area contributed by atoms with Crippen LogP contribution >= 0.6 is 7.14 Å². The fraction of sp³-hybridized carbons (Fsp3) is 0. The van der Waals surface area contributed by atoms with E-state index in [1.165, 1.54) is 36.4 Å². The molecule has 0 atom stereocenters. The van der Waals surface area contributed by atoms with Crippen LogP contribution in [0, 0.1) is 0 Å². The second-order valence-electron chi connectivity index (χ2n) is 9.29. The molecule has 42 heavy (non-hydrogen) atoms. The number of nitrogens with one attached hydrogen (secondary N) is 2. The van der Waals surface area contributed by atoms with Crippen molar-refractivity contribution in [1.82, 2.24) is 0 Å². The van der Waals surface area contributed by atoms with Gasteiger partial charge in [0.2, 0.25) is 0 Å². The molecular formula is C32H25N2O7P. The lowest BCUT2D eigenvalue weighted by molar-refractivity contribution is 0.101. The van der Waals surface area contributed by atoms with E-state index in [0.717, 1.165) is 0 Å². The van der Waals surface area contributed by atoms with Crippen molar-refractivity contribution in [3.05, 3.63) is 126 Å². The number of carbonyl (C=O) groups excluding carboxylic acids is 2. The van der Waals surface area contributed by atoms with E-state index in [-0.39, 0.29) is 11.1 Å². The van der Waals surface area contributed by atoms with Crippen LogP contribution in [0.3, 0.4) is 0 Å². The summed E-state index contributed by atoms with van der Waals surface area (Å²) in [6.07, 6.45) is 0. The summed E-state index contributed by atoms with van der Waals surface area (Å²) in [5.41, 5.74) is 0.583. The van der Waals surface area contributed by atoms with E-state index in [9.17, 15) is 34.6 Å². The van der Waals surface area contributed by atoms with Crippen LogP contribution in [0.2, 0.25) is 0 Å². The minimum absolute atomic E-state index is 0.0968. The first-order valence-corrected chi connectivity index (χ1v) is 14.4. The highest BCUT2D eigenvalue weighted by molar-refractivity contribution is 7.85. The Morgan fingerprint density at radius 1 is 0.476 bits per heavy atom. The fourth-order valence-electron chi connectivity index (χ4n) is 4.42. The van der Waals surface area contributed by atoms with Gasteiger partial charge in [-0.1, -0.05) is 42.5 Å². The SMILES string of the molecule is O=C(Nc1ccc(P(=O)(c2ccccc2)c2ccc(NC(=O)c3cccc(O)c3O)cc2)cc1)c1cccc(O)c1O. The van der Waals surface area contributed by atoms with Gasteiger partial charge in [-0.25, -0.2) is 0 Å². The minimum atomic E-state index is -3.40. The summed E-state index contributed by atoms with van der Waals surface area (Å²) in [5.74, 6) is -3.13. The third-order valence-electron chi connectivity index (χ3n) is 6.62. The molecule has 210 valence electrons. The van der Waals surface area contributed by atoms with Crippen LogP contribution in [-0.2, 0) is 4.57 Å². The van der Waals surface area contributed by atoms with Gasteiger partial charge in [0.1, 0.15) is 0 Å². The molecular weight excluding hydrogens is 555 g/mol. The molecule has 0 aromatic heterocycles.